The van der Waals surface area contributed by atoms with Gasteiger partial charge >= 0.3 is 0 Å². The summed E-state index contributed by atoms with van der Waals surface area (Å²) in [5.41, 5.74) is 2.54. The van der Waals surface area contributed by atoms with Crippen LogP contribution in [0.4, 0.5) is 10.1 Å². The van der Waals surface area contributed by atoms with Gasteiger partial charge in [0.15, 0.2) is 11.5 Å². The number of carbonyl (C=O) groups is 2. The third kappa shape index (κ3) is 5.25. The molecule has 0 unspecified atom stereocenters. The maximum Gasteiger partial charge on any atom is 0.294 e. The number of para-hydroxylation sites is 2. The van der Waals surface area contributed by atoms with Gasteiger partial charge in [0.1, 0.15) is 5.82 Å². The van der Waals surface area contributed by atoms with E-state index in [0.29, 0.717) is 34.7 Å². The molecule has 5 rings (SSSR count). The normalized spacial score (nSPS) is 18.3. The molecule has 1 fully saturated rings. The second-order valence-corrected chi connectivity index (χ2v) is 8.57. The third-order valence-electron chi connectivity index (χ3n) is 6.05. The number of ether oxygens (including phenoxy) is 2. The van der Waals surface area contributed by atoms with Crippen molar-refractivity contribution in [3.8, 4) is 5.75 Å². The van der Waals surface area contributed by atoms with Gasteiger partial charge in [0.05, 0.1) is 18.3 Å². The van der Waals surface area contributed by atoms with Crippen LogP contribution < -0.4 is 15.0 Å². The molecule has 6 nitrogen and oxygen atoms in total. The van der Waals surface area contributed by atoms with Crippen molar-refractivity contribution in [1.29, 1.82) is 0 Å². The van der Waals surface area contributed by atoms with Crippen LogP contribution in [0.25, 0.3) is 6.08 Å². The summed E-state index contributed by atoms with van der Waals surface area (Å²) in [6.45, 7) is 1.44. The van der Waals surface area contributed by atoms with Crippen molar-refractivity contribution in [2.75, 3.05) is 18.1 Å². The first-order valence-corrected chi connectivity index (χ1v) is 11.6. The molecule has 3 aromatic rings. The number of fused-ring (bicyclic) bond motifs is 1. The predicted molar refractivity (Wildman–Crippen MR) is 130 cm³/mol. The van der Waals surface area contributed by atoms with E-state index < -0.39 is 0 Å². The molecular formula is C28H25FN2O4. The summed E-state index contributed by atoms with van der Waals surface area (Å²) in [6, 6.07) is 20.4. The maximum absolute atomic E-state index is 13.7. The Labute approximate surface area is 203 Å². The first-order chi connectivity index (χ1) is 17.1. The molecule has 2 heterocycles. The summed E-state index contributed by atoms with van der Waals surface area (Å²) < 4.78 is 25.2. The third-order valence-corrected chi connectivity index (χ3v) is 6.05. The summed E-state index contributed by atoms with van der Waals surface area (Å²) in [6.07, 6.45) is 3.70. The number of rotatable bonds is 6. The van der Waals surface area contributed by atoms with E-state index in [9.17, 15) is 14.0 Å². The van der Waals surface area contributed by atoms with Gasteiger partial charge in [-0.25, -0.2) is 4.39 Å². The highest BCUT2D eigenvalue weighted by Gasteiger charge is 2.30. The Morgan fingerprint density at radius 2 is 1.91 bits per heavy atom. The topological polar surface area (TPSA) is 67.9 Å². The van der Waals surface area contributed by atoms with Crippen molar-refractivity contribution in [3.05, 3.63) is 101 Å². The summed E-state index contributed by atoms with van der Waals surface area (Å²) >= 11 is 0. The van der Waals surface area contributed by atoms with Crippen LogP contribution in [-0.2, 0) is 16.1 Å². The van der Waals surface area contributed by atoms with Crippen molar-refractivity contribution in [1.82, 2.24) is 5.32 Å². The lowest BCUT2D eigenvalue weighted by molar-refractivity contribution is -0.117. The Hall–Kier alpha value is -3.97. The Kier molecular flexibility index (Phi) is 6.59. The van der Waals surface area contributed by atoms with Crippen molar-refractivity contribution in [2.45, 2.75) is 25.5 Å². The van der Waals surface area contributed by atoms with Gasteiger partial charge in [-0.2, -0.15) is 0 Å². The molecule has 3 aromatic carbocycles. The number of carbonyl (C=O) groups excluding carboxylic acids is 2. The molecule has 0 saturated carbocycles. The van der Waals surface area contributed by atoms with Gasteiger partial charge < -0.3 is 14.8 Å². The molecule has 2 amide bonds. The fraction of sp³-hybridized carbons (Fsp3) is 0.214. The van der Waals surface area contributed by atoms with Gasteiger partial charge in [0.2, 0.25) is 0 Å². The molecule has 0 spiro atoms. The van der Waals surface area contributed by atoms with Gasteiger partial charge in [0, 0.05) is 18.7 Å². The molecule has 1 saturated heterocycles. The SMILES string of the molecule is O=C(NC[C@@H]1CCCO1)c1ccc(/C=C2\Oc3ccccc3N(Cc3cccc(F)c3)C2=O)cc1. The van der Waals surface area contributed by atoms with Crippen LogP contribution in [-0.4, -0.2) is 31.1 Å². The van der Waals surface area contributed by atoms with E-state index in [-0.39, 0.29) is 36.0 Å². The number of halogens is 1. The summed E-state index contributed by atoms with van der Waals surface area (Å²) in [7, 11) is 0. The maximum atomic E-state index is 13.7. The summed E-state index contributed by atoms with van der Waals surface area (Å²) in [4.78, 5) is 27.3. The minimum absolute atomic E-state index is 0.0793. The van der Waals surface area contributed by atoms with Crippen LogP contribution in [0.5, 0.6) is 5.75 Å². The summed E-state index contributed by atoms with van der Waals surface area (Å²) in [5.74, 6) is -0.158. The van der Waals surface area contributed by atoms with Gasteiger partial charge in [-0.15, -0.1) is 0 Å². The van der Waals surface area contributed by atoms with Gasteiger partial charge in [0.25, 0.3) is 11.8 Å². The molecule has 1 N–H and O–H groups in total. The molecule has 2 aliphatic rings. The predicted octanol–water partition coefficient (Wildman–Crippen LogP) is 4.70. The molecule has 1 atom stereocenters. The van der Waals surface area contributed by atoms with Crippen molar-refractivity contribution >= 4 is 23.6 Å². The Balaban J connectivity index is 1.34. The van der Waals surface area contributed by atoms with Crippen LogP contribution in [0.1, 0.15) is 34.3 Å². The number of hydrogen-bond donors (Lipinski definition) is 1. The zero-order valence-electron chi connectivity index (χ0n) is 19.1. The fourth-order valence-electron chi connectivity index (χ4n) is 4.23. The second kappa shape index (κ2) is 10.1. The highest BCUT2D eigenvalue weighted by atomic mass is 19.1. The van der Waals surface area contributed by atoms with E-state index in [0.717, 1.165) is 19.4 Å². The lowest BCUT2D eigenvalue weighted by Gasteiger charge is -2.30. The summed E-state index contributed by atoms with van der Waals surface area (Å²) in [5, 5.41) is 2.90. The number of amides is 2. The number of nitrogens with one attached hydrogen (secondary N) is 1. The van der Waals surface area contributed by atoms with Gasteiger partial charge in [-0.3, -0.25) is 14.5 Å². The fourth-order valence-corrected chi connectivity index (χ4v) is 4.23. The molecule has 0 bridgehead atoms. The van der Waals surface area contributed by atoms with Crippen molar-refractivity contribution < 1.29 is 23.5 Å². The van der Waals surface area contributed by atoms with Crippen LogP contribution in [0.3, 0.4) is 0 Å². The molecule has 7 heteroatoms. The van der Waals surface area contributed by atoms with E-state index in [1.165, 1.54) is 12.1 Å². The van der Waals surface area contributed by atoms with Crippen LogP contribution in [0.2, 0.25) is 0 Å². The second-order valence-electron chi connectivity index (χ2n) is 8.57. The van der Waals surface area contributed by atoms with Crippen LogP contribution in [0, 0.1) is 5.82 Å². The quantitative estimate of drug-likeness (QED) is 0.528. The number of anilines is 1. The Bertz CT molecular complexity index is 1270. The zero-order chi connectivity index (χ0) is 24.2. The average Bonchev–Trinajstić information content (AvgIpc) is 3.39. The van der Waals surface area contributed by atoms with E-state index in [1.54, 1.807) is 59.5 Å². The van der Waals surface area contributed by atoms with Gasteiger partial charge in [-0.05, 0) is 66.4 Å². The molecule has 178 valence electrons. The molecule has 35 heavy (non-hydrogen) atoms. The Morgan fingerprint density at radius 3 is 2.69 bits per heavy atom. The minimum atomic E-state index is -0.354. The number of nitrogens with zero attached hydrogens (tertiary/aromatic N) is 1. The monoisotopic (exact) mass is 472 g/mol. The molecule has 0 aromatic heterocycles. The van der Waals surface area contributed by atoms with Crippen molar-refractivity contribution in [2.24, 2.45) is 0 Å². The van der Waals surface area contributed by atoms with Crippen LogP contribution >= 0.6 is 0 Å². The van der Waals surface area contributed by atoms with Crippen molar-refractivity contribution in [3.63, 3.8) is 0 Å². The molecule has 2 aliphatic heterocycles. The lowest BCUT2D eigenvalue weighted by atomic mass is 10.1. The molecular weight excluding hydrogens is 447 g/mol. The van der Waals surface area contributed by atoms with E-state index in [4.69, 9.17) is 9.47 Å². The van der Waals surface area contributed by atoms with E-state index in [2.05, 4.69) is 5.32 Å². The standard InChI is InChI=1S/C28H25FN2O4/c29-22-6-3-5-20(15-22)18-31-24-8-1-2-9-25(24)35-26(28(31)33)16-19-10-12-21(13-11-19)27(32)30-17-23-7-4-14-34-23/h1-3,5-6,8-13,15-16,23H,4,7,14,17-18H2,(H,30,32)/b26-16-/t23-/m0/s1. The molecule has 0 aliphatic carbocycles. The Morgan fingerprint density at radius 1 is 1.09 bits per heavy atom. The number of benzene rings is 3. The largest absolute Gasteiger partial charge is 0.449 e. The van der Waals surface area contributed by atoms with Gasteiger partial charge in [-0.1, -0.05) is 36.4 Å². The average molecular weight is 473 g/mol. The van der Waals surface area contributed by atoms with Crippen LogP contribution in [0.15, 0.2) is 78.6 Å². The minimum Gasteiger partial charge on any atom is -0.449 e. The number of hydrogen-bond acceptors (Lipinski definition) is 4. The smallest absolute Gasteiger partial charge is 0.294 e. The van der Waals surface area contributed by atoms with E-state index >= 15 is 0 Å². The zero-order valence-corrected chi connectivity index (χ0v) is 19.1. The molecule has 0 radical (unpaired) electrons. The first-order valence-electron chi connectivity index (χ1n) is 11.6. The lowest BCUT2D eigenvalue weighted by Crippen LogP contribution is -2.36. The highest BCUT2D eigenvalue weighted by molar-refractivity contribution is 6.09. The highest BCUT2D eigenvalue weighted by Crippen LogP contribution is 2.36. The van der Waals surface area contributed by atoms with E-state index in [1.807, 2.05) is 12.1 Å². The first kappa shape index (κ1) is 22.8.